The second-order valence-corrected chi connectivity index (χ2v) is 9.34. The number of benzene rings is 1. The standard InChI is InChI=1S/C21H23N5O7S/c1-14-22-18(7-19(23-14)21(27)28)20-9-26(25-24-20)8-16-10-32-17(11-31-16)12-33-34(29,30)13-15-5-3-2-4-6-15/h2-7,9,16-17H,8,10-13H2,1H3,(H,27,28)/t16-,17-/m0/s1. The highest BCUT2D eigenvalue weighted by Gasteiger charge is 2.25. The molecule has 0 aliphatic carbocycles. The maximum Gasteiger partial charge on any atom is 0.354 e. The van der Waals surface area contributed by atoms with Crippen molar-refractivity contribution in [2.75, 3.05) is 19.8 Å². The first-order valence-electron chi connectivity index (χ1n) is 10.4. The second-order valence-electron chi connectivity index (χ2n) is 7.70. The molecular formula is C21H23N5O7S. The highest BCUT2D eigenvalue weighted by atomic mass is 32.2. The molecule has 1 aliphatic rings. The normalized spacial score (nSPS) is 18.6. The van der Waals surface area contributed by atoms with Gasteiger partial charge in [-0.25, -0.2) is 19.4 Å². The lowest BCUT2D eigenvalue weighted by Crippen LogP contribution is -2.40. The number of aromatic nitrogens is 5. The summed E-state index contributed by atoms with van der Waals surface area (Å²) in [5.74, 6) is -1.05. The number of rotatable bonds is 9. The van der Waals surface area contributed by atoms with Gasteiger partial charge in [-0.15, -0.1) is 5.10 Å². The third kappa shape index (κ3) is 6.41. The van der Waals surface area contributed by atoms with Crippen molar-refractivity contribution in [3.05, 3.63) is 59.7 Å². The van der Waals surface area contributed by atoms with Crippen molar-refractivity contribution in [3.8, 4) is 11.4 Å². The Bertz CT molecular complexity index is 1240. The van der Waals surface area contributed by atoms with Crippen LogP contribution in [0.25, 0.3) is 11.4 Å². The molecule has 13 heteroatoms. The summed E-state index contributed by atoms with van der Waals surface area (Å²) < 4.78 is 42.4. The van der Waals surface area contributed by atoms with Gasteiger partial charge in [0.2, 0.25) is 0 Å². The van der Waals surface area contributed by atoms with Crippen molar-refractivity contribution >= 4 is 16.1 Å². The molecule has 34 heavy (non-hydrogen) atoms. The first-order chi connectivity index (χ1) is 16.3. The van der Waals surface area contributed by atoms with Gasteiger partial charge in [0.05, 0.1) is 38.3 Å². The first kappa shape index (κ1) is 23.9. The minimum atomic E-state index is -3.74. The Morgan fingerprint density at radius 1 is 1.15 bits per heavy atom. The van der Waals surface area contributed by atoms with Crippen LogP contribution >= 0.6 is 0 Å². The van der Waals surface area contributed by atoms with Crippen LogP contribution in [0, 0.1) is 6.92 Å². The Morgan fingerprint density at radius 3 is 2.59 bits per heavy atom. The molecule has 0 spiro atoms. The minimum absolute atomic E-state index is 0.125. The van der Waals surface area contributed by atoms with Crippen LogP contribution < -0.4 is 0 Å². The SMILES string of the molecule is Cc1nc(C(=O)O)cc(-c2cn(C[C@H]3CO[C@H](COS(=O)(=O)Cc4ccccc4)CO3)nn2)n1. The molecule has 0 saturated carbocycles. The molecule has 0 radical (unpaired) electrons. The van der Waals surface area contributed by atoms with E-state index in [4.69, 9.17) is 18.8 Å². The summed E-state index contributed by atoms with van der Waals surface area (Å²) in [5.41, 5.74) is 1.28. The van der Waals surface area contributed by atoms with Crippen LogP contribution in [-0.4, -0.2) is 76.5 Å². The quantitative estimate of drug-likeness (QED) is 0.429. The number of aromatic carboxylic acids is 1. The molecule has 1 N–H and O–H groups in total. The fourth-order valence-electron chi connectivity index (χ4n) is 3.31. The Hall–Kier alpha value is -3.26. The molecule has 1 aromatic carbocycles. The number of nitrogens with zero attached hydrogens (tertiary/aromatic N) is 5. The van der Waals surface area contributed by atoms with Crippen molar-refractivity contribution in [1.82, 2.24) is 25.0 Å². The molecular weight excluding hydrogens is 466 g/mol. The van der Waals surface area contributed by atoms with E-state index in [0.717, 1.165) is 0 Å². The zero-order chi connectivity index (χ0) is 24.1. The Balaban J connectivity index is 1.26. The van der Waals surface area contributed by atoms with E-state index < -0.39 is 22.2 Å². The molecule has 0 bridgehead atoms. The van der Waals surface area contributed by atoms with Crippen molar-refractivity contribution < 1.29 is 32.0 Å². The zero-order valence-electron chi connectivity index (χ0n) is 18.3. The summed E-state index contributed by atoms with van der Waals surface area (Å²) in [6.45, 7) is 2.19. The minimum Gasteiger partial charge on any atom is -0.477 e. The fraction of sp³-hybridized carbons (Fsp3) is 0.381. The molecule has 3 heterocycles. The van der Waals surface area contributed by atoms with Gasteiger partial charge in [0.1, 0.15) is 29.5 Å². The molecule has 3 aromatic rings. The lowest BCUT2D eigenvalue weighted by atomic mass is 10.2. The summed E-state index contributed by atoms with van der Waals surface area (Å²) in [4.78, 5) is 19.3. The predicted octanol–water partition coefficient (Wildman–Crippen LogP) is 1.07. The van der Waals surface area contributed by atoms with E-state index in [2.05, 4.69) is 20.3 Å². The predicted molar refractivity (Wildman–Crippen MR) is 117 cm³/mol. The van der Waals surface area contributed by atoms with E-state index in [-0.39, 0.29) is 37.4 Å². The van der Waals surface area contributed by atoms with E-state index in [1.165, 1.54) is 6.07 Å². The van der Waals surface area contributed by atoms with E-state index in [1.54, 1.807) is 42.1 Å². The highest BCUT2D eigenvalue weighted by molar-refractivity contribution is 7.85. The van der Waals surface area contributed by atoms with Gasteiger partial charge in [-0.2, -0.15) is 8.42 Å². The third-order valence-electron chi connectivity index (χ3n) is 4.90. The summed E-state index contributed by atoms with van der Waals surface area (Å²) >= 11 is 0. The second kappa shape index (κ2) is 10.3. The topological polar surface area (TPSA) is 156 Å². The Labute approximate surface area is 195 Å². The van der Waals surface area contributed by atoms with Crippen LogP contribution in [0.15, 0.2) is 42.6 Å². The first-order valence-corrected chi connectivity index (χ1v) is 12.0. The fourth-order valence-corrected chi connectivity index (χ4v) is 4.35. The van der Waals surface area contributed by atoms with Gasteiger partial charge in [-0.3, -0.25) is 4.18 Å². The van der Waals surface area contributed by atoms with Crippen LogP contribution in [-0.2, 0) is 36.1 Å². The van der Waals surface area contributed by atoms with E-state index in [1.807, 2.05) is 6.07 Å². The number of carboxylic acids is 1. The number of hydrogen-bond donors (Lipinski definition) is 1. The number of ether oxygens (including phenoxy) is 2. The summed E-state index contributed by atoms with van der Waals surface area (Å²) in [6, 6.07) is 10.1. The molecule has 2 atom stereocenters. The molecule has 1 saturated heterocycles. The van der Waals surface area contributed by atoms with E-state index >= 15 is 0 Å². The smallest absolute Gasteiger partial charge is 0.354 e. The molecule has 4 rings (SSSR count). The number of carbonyl (C=O) groups is 1. The number of hydrogen-bond acceptors (Lipinski definition) is 10. The van der Waals surface area contributed by atoms with Crippen LogP contribution in [0.5, 0.6) is 0 Å². The van der Waals surface area contributed by atoms with Crippen LogP contribution in [0.3, 0.4) is 0 Å². The molecule has 1 fully saturated rings. The lowest BCUT2D eigenvalue weighted by molar-refractivity contribution is -0.146. The molecule has 0 unspecified atom stereocenters. The van der Waals surface area contributed by atoms with Crippen LogP contribution in [0.1, 0.15) is 21.9 Å². The third-order valence-corrected chi connectivity index (χ3v) is 6.09. The Morgan fingerprint density at radius 2 is 1.88 bits per heavy atom. The highest BCUT2D eigenvalue weighted by Crippen LogP contribution is 2.17. The molecule has 2 aromatic heterocycles. The van der Waals surface area contributed by atoms with Gasteiger partial charge in [0, 0.05) is 0 Å². The van der Waals surface area contributed by atoms with E-state index in [0.29, 0.717) is 29.3 Å². The van der Waals surface area contributed by atoms with Gasteiger partial charge < -0.3 is 14.6 Å². The summed E-state index contributed by atoms with van der Waals surface area (Å²) in [5, 5.41) is 17.3. The van der Waals surface area contributed by atoms with Gasteiger partial charge >= 0.3 is 5.97 Å². The molecule has 0 amide bonds. The van der Waals surface area contributed by atoms with Gasteiger partial charge in [0.15, 0.2) is 5.69 Å². The number of carboxylic acid groups (broad SMARTS) is 1. The van der Waals surface area contributed by atoms with Crippen molar-refractivity contribution in [2.45, 2.75) is 31.4 Å². The summed E-state index contributed by atoms with van der Waals surface area (Å²) in [7, 11) is -3.74. The molecule has 1 aliphatic heterocycles. The van der Waals surface area contributed by atoms with Gasteiger partial charge in [-0.05, 0) is 18.6 Å². The Kier molecular flexibility index (Phi) is 7.26. The number of aryl methyl sites for hydroxylation is 1. The maximum atomic E-state index is 12.2. The zero-order valence-corrected chi connectivity index (χ0v) is 19.1. The van der Waals surface area contributed by atoms with Gasteiger partial charge in [-0.1, -0.05) is 35.5 Å². The van der Waals surface area contributed by atoms with Crippen LogP contribution in [0.2, 0.25) is 0 Å². The average molecular weight is 490 g/mol. The maximum absolute atomic E-state index is 12.2. The molecule has 180 valence electrons. The van der Waals surface area contributed by atoms with Crippen LogP contribution in [0.4, 0.5) is 0 Å². The van der Waals surface area contributed by atoms with E-state index in [9.17, 15) is 13.2 Å². The largest absolute Gasteiger partial charge is 0.477 e. The van der Waals surface area contributed by atoms with Gasteiger partial charge in [0.25, 0.3) is 10.1 Å². The van der Waals surface area contributed by atoms with Crippen molar-refractivity contribution in [2.24, 2.45) is 0 Å². The molecule has 12 nitrogen and oxygen atoms in total. The van der Waals surface area contributed by atoms with Crippen molar-refractivity contribution in [1.29, 1.82) is 0 Å². The lowest BCUT2D eigenvalue weighted by Gasteiger charge is -2.29. The monoisotopic (exact) mass is 489 g/mol. The summed E-state index contributed by atoms with van der Waals surface area (Å²) in [6.07, 6.45) is 0.794. The van der Waals surface area contributed by atoms with Crippen molar-refractivity contribution in [3.63, 3.8) is 0 Å². The average Bonchev–Trinajstić information content (AvgIpc) is 3.27.